The molecule has 0 bridgehead atoms. The molecule has 1 unspecified atom stereocenters. The number of carbonyl (C=O) groups excluding carboxylic acids is 3. The van der Waals surface area contributed by atoms with Crippen LogP contribution in [0.3, 0.4) is 0 Å². The van der Waals surface area contributed by atoms with Crippen molar-refractivity contribution in [3.63, 3.8) is 0 Å². The van der Waals surface area contributed by atoms with Crippen LogP contribution in [0.2, 0.25) is 5.02 Å². The minimum atomic E-state index is -0.622. The number of benzene rings is 1. The number of halogens is 1. The van der Waals surface area contributed by atoms with Gasteiger partial charge in [0.1, 0.15) is 0 Å². The van der Waals surface area contributed by atoms with Gasteiger partial charge in [-0.1, -0.05) is 45.4 Å². The molecule has 0 aromatic heterocycles. The number of ketones is 1. The third kappa shape index (κ3) is 3.15. The van der Waals surface area contributed by atoms with Crippen LogP contribution >= 0.6 is 11.6 Å². The van der Waals surface area contributed by atoms with Crippen LogP contribution in [-0.4, -0.2) is 24.3 Å². The first-order valence-corrected chi connectivity index (χ1v) is 12.8. The molecule has 1 aliphatic heterocycles. The smallest absolute Gasteiger partial charge is 0.306 e. The number of rotatable bonds is 2. The van der Waals surface area contributed by atoms with E-state index in [1.807, 2.05) is 0 Å². The Morgan fingerprint density at radius 1 is 1.03 bits per heavy atom. The molecule has 0 radical (unpaired) electrons. The average molecular weight is 484 g/mol. The Kier molecular flexibility index (Phi) is 5.33. The number of esters is 1. The van der Waals surface area contributed by atoms with Gasteiger partial charge < -0.3 is 10.1 Å². The Balaban J connectivity index is 1.54. The number of anilines is 1. The number of hydrogen-bond acceptors (Lipinski definition) is 4. The molecule has 1 aromatic rings. The molecule has 5 rings (SSSR count). The molecule has 1 N–H and O–H groups in total. The molecule has 1 heterocycles. The van der Waals surface area contributed by atoms with Gasteiger partial charge in [-0.2, -0.15) is 0 Å². The lowest BCUT2D eigenvalue weighted by atomic mass is 9.35. The molecular formula is C28H34ClNO4. The highest BCUT2D eigenvalue weighted by Gasteiger charge is 2.71. The standard InChI is InChI=1S/C28H34ClNO4/c1-25(2)13-12-22(31)27(4)20(25)11-14-26(3)21(27)10-9-19(28(26)15-23(32)34-16-28)24(33)30-18-7-5-17(29)6-8-18/h5-8,12-13,19-21H,9-11,14-16H2,1-4H3,(H,30,33)/t19-,20?,21+,26-,27+,28+/m1/s1. The number of amides is 1. The number of fused-ring (bicyclic) bond motifs is 4. The monoisotopic (exact) mass is 483 g/mol. The summed E-state index contributed by atoms with van der Waals surface area (Å²) in [5, 5.41) is 3.67. The summed E-state index contributed by atoms with van der Waals surface area (Å²) < 4.78 is 5.61. The highest BCUT2D eigenvalue weighted by Crippen LogP contribution is 2.72. The van der Waals surface area contributed by atoms with Crippen LogP contribution in [0.4, 0.5) is 5.69 Å². The van der Waals surface area contributed by atoms with Gasteiger partial charge in [0.25, 0.3) is 0 Å². The molecule has 3 aliphatic carbocycles. The second-order valence-electron chi connectivity index (χ2n) is 12.0. The first kappa shape index (κ1) is 23.6. The number of nitrogens with one attached hydrogen (secondary N) is 1. The van der Waals surface area contributed by atoms with Crippen LogP contribution in [0.25, 0.3) is 0 Å². The molecule has 182 valence electrons. The number of carbonyl (C=O) groups is 3. The fourth-order valence-corrected chi connectivity index (χ4v) is 8.55. The molecule has 34 heavy (non-hydrogen) atoms. The summed E-state index contributed by atoms with van der Waals surface area (Å²) in [5.74, 6) is -0.165. The van der Waals surface area contributed by atoms with Crippen LogP contribution in [-0.2, 0) is 19.1 Å². The van der Waals surface area contributed by atoms with E-state index in [1.165, 1.54) is 0 Å². The van der Waals surface area contributed by atoms with Crippen molar-refractivity contribution in [3.05, 3.63) is 41.4 Å². The molecule has 6 heteroatoms. The van der Waals surface area contributed by atoms with Gasteiger partial charge in [-0.3, -0.25) is 14.4 Å². The van der Waals surface area contributed by atoms with E-state index < -0.39 is 10.8 Å². The second kappa shape index (κ2) is 7.68. The predicted octanol–water partition coefficient (Wildman–Crippen LogP) is 5.83. The van der Waals surface area contributed by atoms with Crippen molar-refractivity contribution in [2.75, 3.05) is 11.9 Å². The van der Waals surface area contributed by atoms with E-state index in [4.69, 9.17) is 16.3 Å². The summed E-state index contributed by atoms with van der Waals surface area (Å²) >= 11 is 6.01. The number of ether oxygens (including phenoxy) is 1. The molecule has 6 atom stereocenters. The maximum Gasteiger partial charge on any atom is 0.306 e. The molecule has 1 amide bonds. The molecule has 3 fully saturated rings. The van der Waals surface area contributed by atoms with Gasteiger partial charge in [-0.25, -0.2) is 0 Å². The summed E-state index contributed by atoms with van der Waals surface area (Å²) in [7, 11) is 0. The summed E-state index contributed by atoms with van der Waals surface area (Å²) in [6.07, 6.45) is 7.28. The van der Waals surface area contributed by atoms with E-state index in [9.17, 15) is 14.4 Å². The predicted molar refractivity (Wildman–Crippen MR) is 131 cm³/mol. The fourth-order valence-electron chi connectivity index (χ4n) is 8.42. The van der Waals surface area contributed by atoms with Crippen molar-refractivity contribution >= 4 is 34.9 Å². The molecule has 5 nitrogen and oxygen atoms in total. The normalized spacial score (nSPS) is 40.4. The van der Waals surface area contributed by atoms with Crippen molar-refractivity contribution in [2.24, 2.45) is 39.4 Å². The first-order valence-electron chi connectivity index (χ1n) is 12.4. The summed E-state index contributed by atoms with van der Waals surface area (Å²) in [5.41, 5.74) is -0.874. The van der Waals surface area contributed by atoms with Crippen molar-refractivity contribution in [3.8, 4) is 0 Å². The lowest BCUT2D eigenvalue weighted by Gasteiger charge is -2.67. The zero-order valence-corrected chi connectivity index (χ0v) is 21.2. The second-order valence-corrected chi connectivity index (χ2v) is 12.4. The van der Waals surface area contributed by atoms with Gasteiger partial charge in [-0.15, -0.1) is 0 Å². The summed E-state index contributed by atoms with van der Waals surface area (Å²) in [4.78, 5) is 39.8. The van der Waals surface area contributed by atoms with Crippen molar-refractivity contribution in [1.29, 1.82) is 0 Å². The van der Waals surface area contributed by atoms with Gasteiger partial charge in [0.2, 0.25) is 5.91 Å². The maximum atomic E-state index is 13.7. The van der Waals surface area contributed by atoms with Gasteiger partial charge in [0.05, 0.1) is 13.0 Å². The van der Waals surface area contributed by atoms with E-state index >= 15 is 0 Å². The lowest BCUT2D eigenvalue weighted by Crippen LogP contribution is -2.66. The molecule has 2 saturated carbocycles. The molecule has 1 spiro atoms. The average Bonchev–Trinajstić information content (AvgIpc) is 3.17. The van der Waals surface area contributed by atoms with E-state index in [-0.39, 0.29) is 59.3 Å². The van der Waals surface area contributed by atoms with E-state index in [0.29, 0.717) is 17.1 Å². The Hall–Kier alpha value is -2.14. The van der Waals surface area contributed by atoms with Crippen molar-refractivity contribution in [1.82, 2.24) is 0 Å². The SMILES string of the molecule is CC1(C)C=CC(=O)[C@@]2(C)C1CC[C@]1(C)[C@@H]2CC[C@H](C(=O)Nc2ccc(Cl)cc2)[C@]12COC(=O)C2. The van der Waals surface area contributed by atoms with Gasteiger partial charge in [0.15, 0.2) is 5.78 Å². The zero-order valence-electron chi connectivity index (χ0n) is 20.4. The van der Waals surface area contributed by atoms with Gasteiger partial charge >= 0.3 is 5.97 Å². The third-order valence-corrected chi connectivity index (χ3v) is 10.4. The zero-order chi connectivity index (χ0) is 24.5. The highest BCUT2D eigenvalue weighted by atomic mass is 35.5. The van der Waals surface area contributed by atoms with Gasteiger partial charge in [0, 0.05) is 27.5 Å². The largest absolute Gasteiger partial charge is 0.465 e. The molecule has 1 aromatic carbocycles. The van der Waals surface area contributed by atoms with Crippen LogP contribution in [0.1, 0.15) is 59.8 Å². The summed E-state index contributed by atoms with van der Waals surface area (Å²) in [6, 6.07) is 7.08. The van der Waals surface area contributed by atoms with Crippen LogP contribution in [0.15, 0.2) is 36.4 Å². The lowest BCUT2D eigenvalue weighted by molar-refractivity contribution is -0.197. The van der Waals surface area contributed by atoms with E-state index in [2.05, 4.69) is 39.1 Å². The minimum absolute atomic E-state index is 0.0675. The molecular weight excluding hydrogens is 450 g/mol. The van der Waals surface area contributed by atoms with Crippen molar-refractivity contribution in [2.45, 2.75) is 59.8 Å². The highest BCUT2D eigenvalue weighted by molar-refractivity contribution is 6.30. The Morgan fingerprint density at radius 2 is 1.74 bits per heavy atom. The third-order valence-electron chi connectivity index (χ3n) is 10.2. The minimum Gasteiger partial charge on any atom is -0.465 e. The number of allylic oxidation sites excluding steroid dienone is 2. The van der Waals surface area contributed by atoms with E-state index in [1.54, 1.807) is 30.3 Å². The fraction of sp³-hybridized carbons (Fsp3) is 0.607. The van der Waals surface area contributed by atoms with E-state index in [0.717, 1.165) is 19.3 Å². The number of cyclic esters (lactones) is 1. The maximum absolute atomic E-state index is 13.7. The Bertz CT molecular complexity index is 1080. The van der Waals surface area contributed by atoms with Crippen molar-refractivity contribution < 1.29 is 19.1 Å². The number of hydrogen-bond donors (Lipinski definition) is 1. The Morgan fingerprint density at radius 3 is 2.38 bits per heavy atom. The van der Waals surface area contributed by atoms with Crippen LogP contribution in [0.5, 0.6) is 0 Å². The summed E-state index contributed by atoms with van der Waals surface area (Å²) in [6.45, 7) is 9.06. The Labute approximate surface area is 206 Å². The van der Waals surface area contributed by atoms with Crippen LogP contribution in [0, 0.1) is 39.4 Å². The molecule has 1 saturated heterocycles. The topological polar surface area (TPSA) is 72.5 Å². The van der Waals surface area contributed by atoms with Crippen LogP contribution < -0.4 is 5.32 Å². The molecule has 4 aliphatic rings. The quantitative estimate of drug-likeness (QED) is 0.537. The van der Waals surface area contributed by atoms with Gasteiger partial charge in [-0.05, 0) is 78.7 Å². The first-order chi connectivity index (χ1) is 15.9.